The Morgan fingerprint density at radius 1 is 0.939 bits per heavy atom. The molecule has 0 aliphatic carbocycles. The standard InChI is InChI=1S/C26H25N3O4/c1-17-3-5-18(6-4-17)14-27-24(30)21-11-12-23-22(13-21)25(31)29(16-28(23)2)15-19-7-9-20(10-8-19)26(32)33/h3-13H,14-16H2,1-2H3,(H,27,30)(H,32,33). The van der Waals surface area contributed by atoms with Gasteiger partial charge in [0.1, 0.15) is 0 Å². The highest BCUT2D eigenvalue weighted by molar-refractivity contribution is 6.04. The average Bonchev–Trinajstić information content (AvgIpc) is 2.82. The summed E-state index contributed by atoms with van der Waals surface area (Å²) >= 11 is 0. The highest BCUT2D eigenvalue weighted by atomic mass is 16.4. The summed E-state index contributed by atoms with van der Waals surface area (Å²) in [4.78, 5) is 40.6. The molecule has 33 heavy (non-hydrogen) atoms. The molecule has 168 valence electrons. The van der Waals surface area contributed by atoms with E-state index >= 15 is 0 Å². The Morgan fingerprint density at radius 2 is 1.58 bits per heavy atom. The minimum absolute atomic E-state index is 0.168. The number of hydrogen-bond acceptors (Lipinski definition) is 4. The summed E-state index contributed by atoms with van der Waals surface area (Å²) in [5.41, 5.74) is 4.86. The Hall–Kier alpha value is -4.13. The van der Waals surface area contributed by atoms with E-state index in [1.54, 1.807) is 35.2 Å². The summed E-state index contributed by atoms with van der Waals surface area (Å²) in [5.74, 6) is -1.40. The van der Waals surface area contributed by atoms with Crippen LogP contribution in [0.1, 0.15) is 47.8 Å². The zero-order valence-corrected chi connectivity index (χ0v) is 18.5. The summed E-state index contributed by atoms with van der Waals surface area (Å²) in [6.07, 6.45) is 0. The monoisotopic (exact) mass is 443 g/mol. The molecule has 0 aromatic heterocycles. The Balaban J connectivity index is 1.49. The van der Waals surface area contributed by atoms with Gasteiger partial charge in [-0.3, -0.25) is 9.59 Å². The van der Waals surface area contributed by atoms with Crippen molar-refractivity contribution in [2.75, 3.05) is 18.6 Å². The molecule has 3 aromatic carbocycles. The van der Waals surface area contributed by atoms with Crippen molar-refractivity contribution in [2.24, 2.45) is 0 Å². The molecule has 0 fully saturated rings. The van der Waals surface area contributed by atoms with E-state index in [1.165, 1.54) is 12.1 Å². The van der Waals surface area contributed by atoms with Crippen molar-refractivity contribution >= 4 is 23.5 Å². The van der Waals surface area contributed by atoms with Crippen LogP contribution in [0.25, 0.3) is 0 Å². The fourth-order valence-corrected chi connectivity index (χ4v) is 3.83. The van der Waals surface area contributed by atoms with Crippen molar-refractivity contribution < 1.29 is 19.5 Å². The van der Waals surface area contributed by atoms with Crippen LogP contribution < -0.4 is 10.2 Å². The molecular formula is C26H25N3O4. The molecule has 2 amide bonds. The minimum Gasteiger partial charge on any atom is -0.478 e. The first-order valence-electron chi connectivity index (χ1n) is 10.6. The molecule has 4 rings (SSSR count). The third kappa shape index (κ3) is 4.87. The topological polar surface area (TPSA) is 90.0 Å². The quantitative estimate of drug-likeness (QED) is 0.607. The smallest absolute Gasteiger partial charge is 0.335 e. The van der Waals surface area contributed by atoms with Crippen molar-refractivity contribution in [3.8, 4) is 0 Å². The summed E-state index contributed by atoms with van der Waals surface area (Å²) in [6, 6.07) is 19.6. The highest BCUT2D eigenvalue weighted by Crippen LogP contribution is 2.28. The normalized spacial score (nSPS) is 13.0. The number of carboxylic acids is 1. The number of nitrogens with zero attached hydrogens (tertiary/aromatic N) is 2. The van der Waals surface area contributed by atoms with Crippen LogP contribution in [0.5, 0.6) is 0 Å². The van der Waals surface area contributed by atoms with Crippen molar-refractivity contribution in [3.05, 3.63) is 100 Å². The maximum Gasteiger partial charge on any atom is 0.335 e. The molecule has 0 unspecified atom stereocenters. The van der Waals surface area contributed by atoms with Gasteiger partial charge in [0.2, 0.25) is 0 Å². The molecule has 0 saturated heterocycles. The van der Waals surface area contributed by atoms with Gasteiger partial charge in [-0.05, 0) is 48.4 Å². The molecule has 2 N–H and O–H groups in total. The SMILES string of the molecule is Cc1ccc(CNC(=O)c2ccc3c(c2)C(=O)N(Cc2ccc(C(=O)O)cc2)CN3C)cc1. The van der Waals surface area contributed by atoms with Crippen LogP contribution in [-0.2, 0) is 13.1 Å². The van der Waals surface area contributed by atoms with Crippen LogP contribution >= 0.6 is 0 Å². The van der Waals surface area contributed by atoms with Gasteiger partial charge in [0.15, 0.2) is 0 Å². The number of nitrogens with one attached hydrogen (secondary N) is 1. The van der Waals surface area contributed by atoms with Gasteiger partial charge in [-0.2, -0.15) is 0 Å². The largest absolute Gasteiger partial charge is 0.478 e. The number of hydrogen-bond donors (Lipinski definition) is 2. The lowest BCUT2D eigenvalue weighted by Crippen LogP contribution is -2.44. The van der Waals surface area contributed by atoms with E-state index in [1.807, 2.05) is 43.1 Å². The van der Waals surface area contributed by atoms with E-state index in [4.69, 9.17) is 5.11 Å². The first-order valence-corrected chi connectivity index (χ1v) is 10.6. The zero-order chi connectivity index (χ0) is 23.5. The van der Waals surface area contributed by atoms with Crippen LogP contribution in [0, 0.1) is 6.92 Å². The lowest BCUT2D eigenvalue weighted by molar-refractivity contribution is 0.0693. The fraction of sp³-hybridized carbons (Fsp3) is 0.192. The van der Waals surface area contributed by atoms with Crippen LogP contribution in [0.15, 0.2) is 66.7 Å². The first-order chi connectivity index (χ1) is 15.8. The van der Waals surface area contributed by atoms with Gasteiger partial charge in [0, 0.05) is 25.7 Å². The number of fused-ring (bicyclic) bond motifs is 1. The summed E-state index contributed by atoms with van der Waals surface area (Å²) < 4.78 is 0. The van der Waals surface area contributed by atoms with E-state index < -0.39 is 5.97 Å². The fourth-order valence-electron chi connectivity index (χ4n) is 3.83. The van der Waals surface area contributed by atoms with Crippen molar-refractivity contribution in [1.82, 2.24) is 10.2 Å². The number of carbonyl (C=O) groups excluding carboxylic acids is 2. The predicted octanol–water partition coefficient (Wildman–Crippen LogP) is 3.67. The number of anilines is 1. The Kier molecular flexibility index (Phi) is 6.13. The number of aryl methyl sites for hydroxylation is 1. The van der Waals surface area contributed by atoms with E-state index in [0.717, 1.165) is 22.4 Å². The van der Waals surface area contributed by atoms with Gasteiger partial charge in [0.25, 0.3) is 11.8 Å². The molecule has 1 heterocycles. The van der Waals surface area contributed by atoms with Gasteiger partial charge in [-0.1, -0.05) is 42.0 Å². The Labute approximate surface area is 192 Å². The molecule has 1 aliphatic heterocycles. The van der Waals surface area contributed by atoms with Gasteiger partial charge < -0.3 is 20.2 Å². The number of carboxylic acid groups (broad SMARTS) is 1. The average molecular weight is 444 g/mol. The van der Waals surface area contributed by atoms with E-state index in [9.17, 15) is 14.4 Å². The van der Waals surface area contributed by atoms with Gasteiger partial charge >= 0.3 is 5.97 Å². The van der Waals surface area contributed by atoms with Gasteiger partial charge in [-0.15, -0.1) is 0 Å². The molecule has 7 nitrogen and oxygen atoms in total. The maximum atomic E-state index is 13.2. The molecule has 0 radical (unpaired) electrons. The lowest BCUT2D eigenvalue weighted by atomic mass is 10.0. The second-order valence-electron chi connectivity index (χ2n) is 8.24. The number of carbonyl (C=O) groups is 3. The molecule has 1 aliphatic rings. The Morgan fingerprint density at radius 3 is 2.24 bits per heavy atom. The number of benzene rings is 3. The second-order valence-corrected chi connectivity index (χ2v) is 8.24. The molecular weight excluding hydrogens is 418 g/mol. The predicted molar refractivity (Wildman–Crippen MR) is 125 cm³/mol. The van der Waals surface area contributed by atoms with Crippen molar-refractivity contribution in [1.29, 1.82) is 0 Å². The number of amides is 2. The van der Waals surface area contributed by atoms with Crippen LogP contribution in [0.4, 0.5) is 5.69 Å². The van der Waals surface area contributed by atoms with E-state index in [0.29, 0.717) is 30.9 Å². The summed E-state index contributed by atoms with van der Waals surface area (Å²) in [5, 5.41) is 12.0. The third-order valence-electron chi connectivity index (χ3n) is 5.72. The molecule has 0 atom stereocenters. The van der Waals surface area contributed by atoms with Gasteiger partial charge in [-0.25, -0.2) is 4.79 Å². The van der Waals surface area contributed by atoms with Crippen molar-refractivity contribution in [3.63, 3.8) is 0 Å². The van der Waals surface area contributed by atoms with Gasteiger partial charge in [0.05, 0.1) is 23.5 Å². The van der Waals surface area contributed by atoms with Crippen molar-refractivity contribution in [2.45, 2.75) is 20.0 Å². The van der Waals surface area contributed by atoms with E-state index in [-0.39, 0.29) is 17.4 Å². The van der Waals surface area contributed by atoms with Crippen LogP contribution in [0.3, 0.4) is 0 Å². The molecule has 7 heteroatoms. The second kappa shape index (κ2) is 9.16. The number of rotatable bonds is 6. The van der Waals surface area contributed by atoms with E-state index in [2.05, 4.69) is 5.32 Å². The molecule has 0 spiro atoms. The molecule has 0 bridgehead atoms. The minimum atomic E-state index is -0.988. The summed E-state index contributed by atoms with van der Waals surface area (Å²) in [7, 11) is 1.89. The van der Waals surface area contributed by atoms with Crippen LogP contribution in [0.2, 0.25) is 0 Å². The first kappa shape index (κ1) is 22.1. The summed E-state index contributed by atoms with van der Waals surface area (Å²) in [6.45, 7) is 3.15. The van der Waals surface area contributed by atoms with Crippen LogP contribution in [-0.4, -0.2) is 41.5 Å². The molecule has 0 saturated carbocycles. The maximum absolute atomic E-state index is 13.2. The number of aromatic carboxylic acids is 1. The molecule has 3 aromatic rings. The lowest BCUT2D eigenvalue weighted by Gasteiger charge is -2.36. The highest BCUT2D eigenvalue weighted by Gasteiger charge is 2.28. The zero-order valence-electron chi connectivity index (χ0n) is 18.5. The Bertz CT molecular complexity index is 1200. The third-order valence-corrected chi connectivity index (χ3v) is 5.72.